The molecule has 2 aromatic carbocycles. The summed E-state index contributed by atoms with van der Waals surface area (Å²) in [5.41, 5.74) is 1.86. The Bertz CT molecular complexity index is 762. The van der Waals surface area contributed by atoms with Crippen LogP contribution in [-0.4, -0.2) is 49.8 Å². The third-order valence-electron chi connectivity index (χ3n) is 2.62. The smallest absolute Gasteiger partial charge is 1.00 e. The maximum absolute atomic E-state index is 10.4. The molecule has 0 saturated heterocycles. The van der Waals surface area contributed by atoms with E-state index < -0.39 is 20.2 Å². The Morgan fingerprint density at radius 1 is 0.600 bits per heavy atom. The summed E-state index contributed by atoms with van der Waals surface area (Å²) < 4.78 is 62.3. The van der Waals surface area contributed by atoms with Crippen molar-refractivity contribution in [1.29, 1.82) is 0 Å². The zero-order valence-electron chi connectivity index (χ0n) is 13.1. The summed E-state index contributed by atoms with van der Waals surface area (Å²) in [6, 6.07) is 11.6. The summed E-state index contributed by atoms with van der Waals surface area (Å²) in [6.07, 6.45) is 0. The van der Waals surface area contributed by atoms with Crippen LogP contribution >= 0.6 is 0 Å². The molecular formula is C14H14Cl2O6S2Sn. The maximum atomic E-state index is 10.4. The first kappa shape index (κ1) is 29.4. The van der Waals surface area contributed by atoms with Gasteiger partial charge in [0.05, 0.1) is 9.79 Å². The van der Waals surface area contributed by atoms with Crippen molar-refractivity contribution in [2.24, 2.45) is 0 Å². The molecule has 0 aromatic heterocycles. The third kappa shape index (κ3) is 11.1. The van der Waals surface area contributed by atoms with Gasteiger partial charge in [-0.25, -0.2) is 16.8 Å². The molecule has 0 radical (unpaired) electrons. The minimum absolute atomic E-state index is 0. The normalized spacial score (nSPS) is 10.1. The first-order valence-corrected chi connectivity index (χ1v) is 8.87. The van der Waals surface area contributed by atoms with Gasteiger partial charge in [0.1, 0.15) is 20.2 Å². The molecule has 6 nitrogen and oxygen atoms in total. The molecule has 0 fully saturated rings. The molecule has 0 atom stereocenters. The van der Waals surface area contributed by atoms with E-state index in [2.05, 4.69) is 0 Å². The van der Waals surface area contributed by atoms with Crippen molar-refractivity contribution < 1.29 is 50.8 Å². The monoisotopic (exact) mass is 532 g/mol. The summed E-state index contributed by atoms with van der Waals surface area (Å²) in [6.45, 7) is 3.64. The molecule has 2 aromatic rings. The van der Waals surface area contributed by atoms with Gasteiger partial charge in [0.2, 0.25) is 0 Å². The fourth-order valence-electron chi connectivity index (χ4n) is 1.41. The van der Waals surface area contributed by atoms with Crippen LogP contribution in [0.1, 0.15) is 11.1 Å². The van der Waals surface area contributed by atoms with Gasteiger partial charge >= 0.3 is 23.9 Å². The number of halogens is 2. The fourth-order valence-corrected chi connectivity index (χ4v) is 2.35. The number of hydrogen-bond acceptors (Lipinski definition) is 6. The van der Waals surface area contributed by atoms with E-state index in [-0.39, 0.29) is 58.5 Å². The molecule has 2 rings (SSSR count). The molecule has 0 aliphatic rings. The van der Waals surface area contributed by atoms with Gasteiger partial charge in [-0.3, -0.25) is 0 Å². The number of benzene rings is 2. The second-order valence-corrected chi connectivity index (χ2v) is 7.29. The molecule has 0 aliphatic carbocycles. The standard InChI is InChI=1S/2C7H8O3S.2ClH.Sn/c2*1-6-2-4-7(5-3-6)11(8,9)10;;;/h2*2-5H,1H3,(H,8,9,10);2*1H;/q;;;;+4/p-4. The van der Waals surface area contributed by atoms with Gasteiger partial charge in [0.15, 0.2) is 0 Å². The molecule has 0 aliphatic heterocycles. The van der Waals surface area contributed by atoms with Crippen molar-refractivity contribution in [2.45, 2.75) is 23.6 Å². The molecular weight excluding hydrogens is 518 g/mol. The average Bonchev–Trinajstić information content (AvgIpc) is 2.38. The van der Waals surface area contributed by atoms with E-state index in [9.17, 15) is 25.9 Å². The Kier molecular flexibility index (Phi) is 14.2. The van der Waals surface area contributed by atoms with Crippen LogP contribution in [-0.2, 0) is 20.2 Å². The van der Waals surface area contributed by atoms with E-state index in [0.29, 0.717) is 0 Å². The second kappa shape index (κ2) is 12.1. The third-order valence-corrected chi connectivity index (χ3v) is 4.32. The predicted molar refractivity (Wildman–Crippen MR) is 84.0 cm³/mol. The maximum Gasteiger partial charge on any atom is 4.00 e. The Morgan fingerprint density at radius 2 is 0.800 bits per heavy atom. The van der Waals surface area contributed by atoms with Crippen LogP contribution in [0.25, 0.3) is 0 Å². The average molecular weight is 532 g/mol. The van der Waals surface area contributed by atoms with Crippen LogP contribution in [0.2, 0.25) is 0 Å². The molecule has 11 heteroatoms. The van der Waals surface area contributed by atoms with Crippen LogP contribution in [0.5, 0.6) is 0 Å². The van der Waals surface area contributed by atoms with Gasteiger partial charge in [0.25, 0.3) is 0 Å². The quantitative estimate of drug-likeness (QED) is 0.285. The van der Waals surface area contributed by atoms with Crippen molar-refractivity contribution >= 4 is 44.1 Å². The van der Waals surface area contributed by atoms with Crippen molar-refractivity contribution in [3.63, 3.8) is 0 Å². The first-order valence-electron chi connectivity index (χ1n) is 6.05. The molecule has 0 heterocycles. The minimum atomic E-state index is -4.27. The van der Waals surface area contributed by atoms with Gasteiger partial charge in [0, 0.05) is 0 Å². The summed E-state index contributed by atoms with van der Waals surface area (Å²) in [7, 11) is -8.54. The predicted octanol–water partition coefficient (Wildman–Crippen LogP) is -4.57. The Balaban J connectivity index is -0.000000346. The Hall–Kier alpha value is -0.361. The Labute approximate surface area is 177 Å². The van der Waals surface area contributed by atoms with E-state index in [1.54, 1.807) is 24.3 Å². The molecule has 0 N–H and O–H groups in total. The van der Waals surface area contributed by atoms with Crippen LogP contribution in [0.15, 0.2) is 58.3 Å². The Morgan fingerprint density at radius 3 is 0.960 bits per heavy atom. The largest absolute Gasteiger partial charge is 4.00 e. The van der Waals surface area contributed by atoms with Crippen LogP contribution in [0.3, 0.4) is 0 Å². The van der Waals surface area contributed by atoms with Gasteiger partial charge in [-0.05, 0) is 38.1 Å². The van der Waals surface area contributed by atoms with Crippen molar-refractivity contribution in [1.82, 2.24) is 0 Å². The second-order valence-electron chi connectivity index (χ2n) is 4.53. The summed E-state index contributed by atoms with van der Waals surface area (Å²) in [4.78, 5) is -0.355. The molecule has 136 valence electrons. The van der Waals surface area contributed by atoms with E-state index in [0.717, 1.165) is 11.1 Å². The fraction of sp³-hybridized carbons (Fsp3) is 0.143. The van der Waals surface area contributed by atoms with Crippen LogP contribution in [0, 0.1) is 13.8 Å². The number of rotatable bonds is 2. The van der Waals surface area contributed by atoms with E-state index in [1.807, 2.05) is 13.8 Å². The molecule has 0 spiro atoms. The van der Waals surface area contributed by atoms with Crippen molar-refractivity contribution in [3.8, 4) is 0 Å². The first-order chi connectivity index (χ1) is 10.00. The minimum Gasteiger partial charge on any atom is -1.00 e. The molecule has 0 amide bonds. The molecule has 0 unspecified atom stereocenters. The van der Waals surface area contributed by atoms with Gasteiger partial charge < -0.3 is 33.9 Å². The van der Waals surface area contributed by atoms with Gasteiger partial charge in [-0.15, -0.1) is 0 Å². The van der Waals surface area contributed by atoms with Crippen molar-refractivity contribution in [2.75, 3.05) is 0 Å². The summed E-state index contributed by atoms with van der Waals surface area (Å²) >= 11 is 0. The summed E-state index contributed by atoms with van der Waals surface area (Å²) in [5, 5.41) is 0. The van der Waals surface area contributed by atoms with Gasteiger partial charge in [-0.1, -0.05) is 35.4 Å². The molecule has 25 heavy (non-hydrogen) atoms. The van der Waals surface area contributed by atoms with E-state index in [4.69, 9.17) is 0 Å². The zero-order valence-corrected chi connectivity index (χ0v) is 19.1. The zero-order chi connectivity index (χ0) is 17.0. The SMILES string of the molecule is Cc1ccc(S(=O)(=O)[O-])cc1.Cc1ccc(S(=O)(=O)[O-])cc1.[Cl-].[Cl-].[Sn+4]. The molecule has 0 saturated carbocycles. The van der Waals surface area contributed by atoms with Crippen molar-refractivity contribution in [3.05, 3.63) is 59.7 Å². The number of aryl methyl sites for hydroxylation is 2. The topological polar surface area (TPSA) is 114 Å². The van der Waals surface area contributed by atoms with Gasteiger partial charge in [-0.2, -0.15) is 0 Å². The number of hydrogen-bond donors (Lipinski definition) is 0. The van der Waals surface area contributed by atoms with Crippen LogP contribution < -0.4 is 24.8 Å². The van der Waals surface area contributed by atoms with Crippen LogP contribution in [0.4, 0.5) is 0 Å². The summed E-state index contributed by atoms with van der Waals surface area (Å²) in [5.74, 6) is 0. The molecule has 0 bridgehead atoms. The van der Waals surface area contributed by atoms with E-state index >= 15 is 0 Å². The van der Waals surface area contributed by atoms with E-state index in [1.165, 1.54) is 24.3 Å².